The molecule has 2 aromatic rings. The Balaban J connectivity index is 1.89. The summed E-state index contributed by atoms with van der Waals surface area (Å²) in [5.74, 6) is -2.15. The minimum Gasteiger partial charge on any atom is -0.482 e. The second-order valence-corrected chi connectivity index (χ2v) is 6.15. The van der Waals surface area contributed by atoms with E-state index >= 15 is 0 Å². The minimum absolute atomic E-state index is 0.00566. The van der Waals surface area contributed by atoms with Crippen LogP contribution in [-0.4, -0.2) is 29.5 Å². The summed E-state index contributed by atoms with van der Waals surface area (Å²) in [5, 5.41) is 13.6. The van der Waals surface area contributed by atoms with Gasteiger partial charge >= 0.3 is 11.7 Å². The first-order chi connectivity index (χ1) is 13.2. The van der Waals surface area contributed by atoms with Gasteiger partial charge in [0.1, 0.15) is 5.75 Å². The van der Waals surface area contributed by atoms with E-state index in [2.05, 4.69) is 5.32 Å². The molecule has 0 aliphatic rings. The molecule has 28 heavy (non-hydrogen) atoms. The predicted molar refractivity (Wildman–Crippen MR) is 98.9 cm³/mol. The molecule has 0 aliphatic heterocycles. The normalized spacial score (nSPS) is 11.4. The van der Waals surface area contributed by atoms with E-state index in [1.165, 1.54) is 6.92 Å². The van der Waals surface area contributed by atoms with Crippen LogP contribution in [0.3, 0.4) is 0 Å². The van der Waals surface area contributed by atoms with E-state index in [4.69, 9.17) is 21.1 Å². The fourth-order valence-electron chi connectivity index (χ4n) is 2.11. The van der Waals surface area contributed by atoms with Crippen LogP contribution in [0.25, 0.3) is 0 Å². The number of esters is 1. The van der Waals surface area contributed by atoms with Gasteiger partial charge in [-0.05, 0) is 49.7 Å². The van der Waals surface area contributed by atoms with Crippen molar-refractivity contribution in [2.75, 3.05) is 11.9 Å². The van der Waals surface area contributed by atoms with Crippen molar-refractivity contribution in [1.82, 2.24) is 0 Å². The molecule has 0 unspecified atom stereocenters. The molecule has 2 aromatic carbocycles. The Hall–Kier alpha value is -3.20. The molecule has 0 saturated carbocycles. The van der Waals surface area contributed by atoms with Crippen molar-refractivity contribution in [2.45, 2.75) is 20.0 Å². The molecular formula is C18H16ClFN2O6. The van der Waals surface area contributed by atoms with Crippen LogP contribution in [-0.2, 0) is 14.3 Å². The van der Waals surface area contributed by atoms with Crippen molar-refractivity contribution in [1.29, 1.82) is 0 Å². The van der Waals surface area contributed by atoms with E-state index in [1.807, 2.05) is 0 Å². The number of aryl methyl sites for hydroxylation is 1. The molecule has 1 amide bonds. The van der Waals surface area contributed by atoms with Crippen molar-refractivity contribution in [3.63, 3.8) is 0 Å². The van der Waals surface area contributed by atoms with Gasteiger partial charge in [-0.15, -0.1) is 0 Å². The van der Waals surface area contributed by atoms with Crippen LogP contribution in [0.15, 0.2) is 36.4 Å². The molecule has 10 heteroatoms. The lowest BCUT2D eigenvalue weighted by atomic mass is 10.2. The van der Waals surface area contributed by atoms with Crippen LogP contribution in [0.1, 0.15) is 12.5 Å². The lowest BCUT2D eigenvalue weighted by Gasteiger charge is -2.14. The minimum atomic E-state index is -1.20. The number of nitro benzene ring substituents is 1. The number of halogens is 2. The maximum absolute atomic E-state index is 13.3. The Morgan fingerprint density at radius 1 is 1.29 bits per heavy atom. The number of benzene rings is 2. The number of amides is 1. The number of nitro groups is 1. The van der Waals surface area contributed by atoms with Crippen molar-refractivity contribution in [2.24, 2.45) is 0 Å². The van der Waals surface area contributed by atoms with Gasteiger partial charge in [0.05, 0.1) is 4.92 Å². The molecule has 0 aliphatic carbocycles. The molecule has 0 aromatic heterocycles. The number of carbonyl (C=O) groups excluding carboxylic acids is 2. The van der Waals surface area contributed by atoms with E-state index < -0.39 is 41.0 Å². The first-order valence-corrected chi connectivity index (χ1v) is 8.38. The van der Waals surface area contributed by atoms with Crippen molar-refractivity contribution >= 4 is 34.9 Å². The highest BCUT2D eigenvalue weighted by atomic mass is 35.5. The third kappa shape index (κ3) is 5.65. The Labute approximate surface area is 164 Å². The van der Waals surface area contributed by atoms with Crippen LogP contribution in [0.4, 0.5) is 15.8 Å². The Bertz CT molecular complexity index is 921. The van der Waals surface area contributed by atoms with Crippen LogP contribution in [0.5, 0.6) is 5.75 Å². The SMILES string of the molecule is Cc1cc(OCC(=O)O[C@@H](C)C(=O)Nc2ccc(F)c([N+](=O)[O-])c2)ccc1Cl. The monoisotopic (exact) mass is 410 g/mol. The molecule has 0 radical (unpaired) electrons. The van der Waals surface area contributed by atoms with E-state index in [9.17, 15) is 24.1 Å². The van der Waals surface area contributed by atoms with Crippen molar-refractivity contribution in [3.05, 3.63) is 62.9 Å². The quantitative estimate of drug-likeness (QED) is 0.424. The largest absolute Gasteiger partial charge is 0.482 e. The van der Waals surface area contributed by atoms with Gasteiger partial charge in [-0.25, -0.2) is 4.79 Å². The Morgan fingerprint density at radius 2 is 2.00 bits per heavy atom. The Kier molecular flexibility index (Phi) is 6.89. The van der Waals surface area contributed by atoms with Crippen molar-refractivity contribution in [3.8, 4) is 5.75 Å². The number of hydrogen-bond acceptors (Lipinski definition) is 6. The number of nitrogens with zero attached hydrogens (tertiary/aromatic N) is 1. The highest BCUT2D eigenvalue weighted by Crippen LogP contribution is 2.22. The predicted octanol–water partition coefficient (Wildman–Crippen LogP) is 3.64. The van der Waals surface area contributed by atoms with E-state index in [0.29, 0.717) is 10.8 Å². The zero-order valence-corrected chi connectivity index (χ0v) is 15.7. The van der Waals surface area contributed by atoms with Gasteiger partial charge in [0, 0.05) is 16.8 Å². The van der Waals surface area contributed by atoms with Gasteiger partial charge in [-0.1, -0.05) is 11.6 Å². The second kappa shape index (κ2) is 9.14. The lowest BCUT2D eigenvalue weighted by molar-refractivity contribution is -0.387. The third-order valence-corrected chi connectivity index (χ3v) is 4.00. The fraction of sp³-hybridized carbons (Fsp3) is 0.222. The van der Waals surface area contributed by atoms with Crippen molar-refractivity contribution < 1.29 is 28.4 Å². The first-order valence-electron chi connectivity index (χ1n) is 8.00. The molecular weight excluding hydrogens is 395 g/mol. The van der Waals surface area contributed by atoms with Gasteiger partial charge in [0.25, 0.3) is 5.91 Å². The molecule has 148 valence electrons. The average Bonchev–Trinajstić information content (AvgIpc) is 2.64. The summed E-state index contributed by atoms with van der Waals surface area (Å²) in [5.41, 5.74) is -0.0170. The molecule has 0 heterocycles. The Morgan fingerprint density at radius 3 is 2.64 bits per heavy atom. The third-order valence-electron chi connectivity index (χ3n) is 3.57. The zero-order chi connectivity index (χ0) is 20.8. The maximum Gasteiger partial charge on any atom is 0.344 e. The molecule has 0 bridgehead atoms. The number of rotatable bonds is 7. The molecule has 2 rings (SSSR count). The van der Waals surface area contributed by atoms with Gasteiger partial charge < -0.3 is 14.8 Å². The van der Waals surface area contributed by atoms with Crippen LogP contribution < -0.4 is 10.1 Å². The van der Waals surface area contributed by atoms with E-state index in [-0.39, 0.29) is 5.69 Å². The first kappa shape index (κ1) is 21.1. The molecule has 1 N–H and O–H groups in total. The summed E-state index contributed by atoms with van der Waals surface area (Å²) in [6.07, 6.45) is -1.20. The number of ether oxygens (including phenoxy) is 2. The van der Waals surface area contributed by atoms with Gasteiger partial charge in [0.15, 0.2) is 12.7 Å². The zero-order valence-electron chi connectivity index (χ0n) is 14.9. The molecule has 0 spiro atoms. The molecule has 0 saturated heterocycles. The number of nitrogens with one attached hydrogen (secondary N) is 1. The second-order valence-electron chi connectivity index (χ2n) is 5.74. The smallest absolute Gasteiger partial charge is 0.344 e. The van der Waals surface area contributed by atoms with Crippen LogP contribution in [0.2, 0.25) is 5.02 Å². The highest BCUT2D eigenvalue weighted by molar-refractivity contribution is 6.31. The topological polar surface area (TPSA) is 108 Å². The summed E-state index contributed by atoms with van der Waals surface area (Å²) < 4.78 is 23.5. The summed E-state index contributed by atoms with van der Waals surface area (Å²) in [6, 6.07) is 7.73. The highest BCUT2D eigenvalue weighted by Gasteiger charge is 2.20. The number of hydrogen-bond donors (Lipinski definition) is 1. The van der Waals surface area contributed by atoms with Crippen LogP contribution in [0, 0.1) is 22.9 Å². The van der Waals surface area contributed by atoms with E-state index in [1.54, 1.807) is 25.1 Å². The molecule has 1 atom stereocenters. The maximum atomic E-state index is 13.3. The van der Waals surface area contributed by atoms with E-state index in [0.717, 1.165) is 23.8 Å². The summed E-state index contributed by atoms with van der Waals surface area (Å²) in [7, 11) is 0. The summed E-state index contributed by atoms with van der Waals surface area (Å²) in [6.45, 7) is 2.66. The van der Waals surface area contributed by atoms with Gasteiger partial charge in [0.2, 0.25) is 5.82 Å². The molecule has 8 nitrogen and oxygen atoms in total. The summed E-state index contributed by atoms with van der Waals surface area (Å²) in [4.78, 5) is 33.7. The number of carbonyl (C=O) groups is 2. The average molecular weight is 411 g/mol. The van der Waals surface area contributed by atoms with Crippen LogP contribution >= 0.6 is 11.6 Å². The lowest BCUT2D eigenvalue weighted by Crippen LogP contribution is -2.31. The fourth-order valence-corrected chi connectivity index (χ4v) is 2.23. The number of anilines is 1. The standard InChI is InChI=1S/C18H16ClFN2O6/c1-10-7-13(4-5-14(10)19)27-9-17(23)28-11(2)18(24)21-12-3-6-15(20)16(8-12)22(25)26/h3-8,11H,9H2,1-2H3,(H,21,24)/t11-/m0/s1. The summed E-state index contributed by atoms with van der Waals surface area (Å²) >= 11 is 5.90. The molecule has 0 fully saturated rings. The van der Waals surface area contributed by atoms with Gasteiger partial charge in [-0.3, -0.25) is 14.9 Å². The van der Waals surface area contributed by atoms with Gasteiger partial charge in [-0.2, -0.15) is 4.39 Å².